The molecule has 2 nitrogen and oxygen atoms in total. The summed E-state index contributed by atoms with van der Waals surface area (Å²) in [4.78, 5) is 10.4. The van der Waals surface area contributed by atoms with E-state index in [1.807, 2.05) is 20.8 Å². The van der Waals surface area contributed by atoms with Crippen molar-refractivity contribution in [3.8, 4) is 0 Å². The van der Waals surface area contributed by atoms with Crippen LogP contribution in [0.25, 0.3) is 0 Å². The van der Waals surface area contributed by atoms with Crippen molar-refractivity contribution < 1.29 is 14.3 Å². The molecule has 1 rings (SSSR count). The van der Waals surface area contributed by atoms with E-state index in [0.717, 1.165) is 0 Å². The van der Waals surface area contributed by atoms with E-state index >= 15 is 0 Å². The first kappa shape index (κ1) is 12.7. The van der Waals surface area contributed by atoms with Gasteiger partial charge in [-0.3, -0.25) is 4.79 Å². The molecule has 0 aliphatic carbocycles. The van der Waals surface area contributed by atoms with Gasteiger partial charge in [0.1, 0.15) is 5.82 Å². The van der Waals surface area contributed by atoms with Gasteiger partial charge < -0.3 is 5.11 Å². The summed E-state index contributed by atoms with van der Waals surface area (Å²) in [6.07, 6.45) is 0.204. The van der Waals surface area contributed by atoms with Crippen LogP contribution < -0.4 is 0 Å². The van der Waals surface area contributed by atoms with Crippen molar-refractivity contribution in [3.63, 3.8) is 0 Å². The molecule has 1 aromatic carbocycles. The normalized spacial score (nSPS) is 11.5. The number of aryl methyl sites for hydroxylation is 1. The van der Waals surface area contributed by atoms with E-state index in [1.54, 1.807) is 18.2 Å². The predicted molar refractivity (Wildman–Crippen MR) is 61.1 cm³/mol. The lowest BCUT2D eigenvalue weighted by atomic mass is 9.85. The number of carboxylic acids is 1. The highest BCUT2D eigenvalue weighted by Crippen LogP contribution is 2.27. The van der Waals surface area contributed by atoms with Gasteiger partial charge in [0, 0.05) is 6.42 Å². The quantitative estimate of drug-likeness (QED) is 0.856. The van der Waals surface area contributed by atoms with Crippen LogP contribution in [0.5, 0.6) is 0 Å². The molecule has 0 radical (unpaired) electrons. The second-order valence-electron chi connectivity index (χ2n) is 4.92. The minimum Gasteiger partial charge on any atom is -0.481 e. The van der Waals surface area contributed by atoms with Gasteiger partial charge in [0.25, 0.3) is 0 Å². The minimum atomic E-state index is -0.902. The van der Waals surface area contributed by atoms with Crippen molar-refractivity contribution in [2.24, 2.45) is 0 Å². The topological polar surface area (TPSA) is 37.3 Å². The predicted octanol–water partition coefficient (Wildman–Crippen LogP) is 3.14. The van der Waals surface area contributed by atoms with Crippen LogP contribution in [0.3, 0.4) is 0 Å². The Bertz CT molecular complexity index is 391. The molecule has 3 heteroatoms. The second-order valence-corrected chi connectivity index (χ2v) is 4.92. The van der Waals surface area contributed by atoms with E-state index in [2.05, 4.69) is 0 Å². The van der Waals surface area contributed by atoms with Gasteiger partial charge in [0.05, 0.1) is 0 Å². The summed E-state index contributed by atoms with van der Waals surface area (Å²) in [5.74, 6) is -1.17. The number of halogens is 1. The Morgan fingerprint density at radius 1 is 1.38 bits per heavy atom. The number of aliphatic carboxylic acids is 1. The molecule has 0 heterocycles. The summed E-state index contributed by atoms with van der Waals surface area (Å²) in [6, 6.07) is 5.17. The van der Waals surface area contributed by atoms with Gasteiger partial charge in [-0.15, -0.1) is 0 Å². The Morgan fingerprint density at radius 3 is 2.50 bits per heavy atom. The van der Waals surface area contributed by atoms with E-state index < -0.39 is 5.97 Å². The van der Waals surface area contributed by atoms with Gasteiger partial charge in [-0.2, -0.15) is 0 Å². The molecule has 0 unspecified atom stereocenters. The van der Waals surface area contributed by atoms with Gasteiger partial charge in [-0.25, -0.2) is 4.39 Å². The van der Waals surface area contributed by atoms with Crippen LogP contribution in [0.4, 0.5) is 4.39 Å². The number of rotatable bonds is 3. The first-order chi connectivity index (χ1) is 7.32. The van der Waals surface area contributed by atoms with Gasteiger partial charge >= 0.3 is 5.97 Å². The fourth-order valence-corrected chi connectivity index (χ4v) is 1.59. The molecule has 0 bridgehead atoms. The molecule has 0 saturated carbocycles. The zero-order valence-electron chi connectivity index (χ0n) is 9.88. The Balaban J connectivity index is 3.00. The van der Waals surface area contributed by atoms with Crippen LogP contribution in [0.1, 0.15) is 38.3 Å². The number of hydrogen-bond donors (Lipinski definition) is 1. The van der Waals surface area contributed by atoms with Crippen molar-refractivity contribution in [1.29, 1.82) is 0 Å². The maximum atomic E-state index is 14.0. The summed E-state index contributed by atoms with van der Waals surface area (Å²) in [5.41, 5.74) is 0.855. The third-order valence-electron chi connectivity index (χ3n) is 2.49. The van der Waals surface area contributed by atoms with E-state index in [1.165, 1.54) is 0 Å². The average Bonchev–Trinajstić information content (AvgIpc) is 2.14. The molecule has 0 amide bonds. The van der Waals surface area contributed by atoms with Gasteiger partial charge in [-0.1, -0.05) is 39.0 Å². The van der Waals surface area contributed by atoms with Crippen LogP contribution in [0.15, 0.2) is 18.2 Å². The summed E-state index contributed by atoms with van der Waals surface area (Å²) in [7, 11) is 0. The van der Waals surface area contributed by atoms with Crippen molar-refractivity contribution in [2.75, 3.05) is 0 Å². The highest BCUT2D eigenvalue weighted by Gasteiger charge is 2.20. The number of carboxylic acid groups (broad SMARTS) is 1. The molecule has 0 spiro atoms. The summed E-state index contributed by atoms with van der Waals surface area (Å²) < 4.78 is 14.0. The third-order valence-corrected chi connectivity index (χ3v) is 2.49. The lowest BCUT2D eigenvalue weighted by molar-refractivity contribution is -0.136. The highest BCUT2D eigenvalue weighted by molar-refractivity contribution is 5.67. The van der Waals surface area contributed by atoms with Crippen LogP contribution in [0, 0.1) is 5.82 Å². The third kappa shape index (κ3) is 3.05. The second kappa shape index (κ2) is 4.64. The van der Waals surface area contributed by atoms with Crippen molar-refractivity contribution in [1.82, 2.24) is 0 Å². The number of benzene rings is 1. The maximum absolute atomic E-state index is 14.0. The van der Waals surface area contributed by atoms with Gasteiger partial charge in [-0.05, 0) is 23.0 Å². The standard InChI is InChI=1S/C13H17FO2/c1-13(2,3)10-6-4-5-9(12(10)14)7-8-11(15)16/h4-6H,7-8H2,1-3H3,(H,15,16). The molecule has 88 valence electrons. The monoisotopic (exact) mass is 224 g/mol. The molecule has 1 aromatic rings. The lowest BCUT2D eigenvalue weighted by Crippen LogP contribution is -2.15. The molecule has 0 saturated heterocycles. The average molecular weight is 224 g/mol. The molecule has 16 heavy (non-hydrogen) atoms. The zero-order chi connectivity index (χ0) is 12.3. The van der Waals surface area contributed by atoms with E-state index in [9.17, 15) is 9.18 Å². The molecule has 1 N–H and O–H groups in total. The lowest BCUT2D eigenvalue weighted by Gasteiger charge is -2.21. The molecule has 0 aromatic heterocycles. The molecule has 0 aliphatic heterocycles. The van der Waals surface area contributed by atoms with Crippen LogP contribution in [-0.2, 0) is 16.6 Å². The first-order valence-electron chi connectivity index (χ1n) is 5.32. The number of hydrogen-bond acceptors (Lipinski definition) is 1. The molecule has 0 aliphatic rings. The van der Waals surface area contributed by atoms with Gasteiger partial charge in [0.15, 0.2) is 0 Å². The largest absolute Gasteiger partial charge is 0.481 e. The Labute approximate surface area is 95.1 Å². The van der Waals surface area contributed by atoms with E-state index in [0.29, 0.717) is 11.1 Å². The smallest absolute Gasteiger partial charge is 0.303 e. The van der Waals surface area contributed by atoms with Crippen LogP contribution in [0.2, 0.25) is 0 Å². The molecular formula is C13H17FO2. The minimum absolute atomic E-state index is 0.0372. The SMILES string of the molecule is CC(C)(C)c1cccc(CCC(=O)O)c1F. The van der Waals surface area contributed by atoms with Crippen molar-refractivity contribution in [3.05, 3.63) is 35.1 Å². The van der Waals surface area contributed by atoms with Crippen LogP contribution >= 0.6 is 0 Å². The number of carbonyl (C=O) groups is 1. The fraction of sp³-hybridized carbons (Fsp3) is 0.462. The molecule has 0 fully saturated rings. The summed E-state index contributed by atoms with van der Waals surface area (Å²) >= 11 is 0. The van der Waals surface area contributed by atoms with Crippen molar-refractivity contribution in [2.45, 2.75) is 39.0 Å². The van der Waals surface area contributed by atoms with Crippen molar-refractivity contribution >= 4 is 5.97 Å². The summed E-state index contributed by atoms with van der Waals surface area (Å²) in [5, 5.41) is 8.57. The Kier molecular flexibility index (Phi) is 3.68. The van der Waals surface area contributed by atoms with E-state index in [-0.39, 0.29) is 24.1 Å². The van der Waals surface area contributed by atoms with Crippen LogP contribution in [-0.4, -0.2) is 11.1 Å². The van der Waals surface area contributed by atoms with E-state index in [4.69, 9.17) is 5.11 Å². The molecular weight excluding hydrogens is 207 g/mol. The highest BCUT2D eigenvalue weighted by atomic mass is 19.1. The summed E-state index contributed by atoms with van der Waals surface area (Å²) in [6.45, 7) is 5.81. The zero-order valence-corrected chi connectivity index (χ0v) is 9.88. The molecule has 0 atom stereocenters. The van der Waals surface area contributed by atoms with Gasteiger partial charge in [0.2, 0.25) is 0 Å². The first-order valence-corrected chi connectivity index (χ1v) is 5.32. The Hall–Kier alpha value is -1.38. The fourth-order valence-electron chi connectivity index (χ4n) is 1.59. The Morgan fingerprint density at radius 2 is 2.00 bits per heavy atom. The maximum Gasteiger partial charge on any atom is 0.303 e.